The van der Waals surface area contributed by atoms with Crippen LogP contribution in [0.1, 0.15) is 25.7 Å². The molecule has 0 heterocycles. The summed E-state index contributed by atoms with van der Waals surface area (Å²) < 4.78 is 5.38. The van der Waals surface area contributed by atoms with E-state index in [2.05, 4.69) is 11.9 Å². The van der Waals surface area contributed by atoms with Gasteiger partial charge in [0.2, 0.25) is 0 Å². The summed E-state index contributed by atoms with van der Waals surface area (Å²) in [7, 11) is 3.74. The lowest BCUT2D eigenvalue weighted by molar-refractivity contribution is 0.122. The number of anilines is 1. The molecule has 1 aromatic rings. The normalized spacial score (nSPS) is 23.8. The molecule has 4 heteroatoms. The van der Waals surface area contributed by atoms with Gasteiger partial charge in [-0.1, -0.05) is 11.6 Å². The second kappa shape index (κ2) is 5.81. The van der Waals surface area contributed by atoms with Gasteiger partial charge in [-0.2, -0.15) is 0 Å². The summed E-state index contributed by atoms with van der Waals surface area (Å²) >= 11 is 6.06. The van der Waals surface area contributed by atoms with Gasteiger partial charge in [-0.25, -0.2) is 0 Å². The molecule has 0 unspecified atom stereocenters. The standard InChI is InChI=1S/C14H20ClNO2/c1-16(11-4-6-12(17)7-5-11)13-9-10(15)3-8-14(13)18-2/h3,8-9,11-12,17H,4-7H2,1-2H3. The Bertz CT molecular complexity index is 403. The first-order valence-electron chi connectivity index (χ1n) is 6.36. The summed E-state index contributed by atoms with van der Waals surface area (Å²) in [4.78, 5) is 2.22. The quantitative estimate of drug-likeness (QED) is 0.915. The third-order valence-electron chi connectivity index (χ3n) is 3.73. The summed E-state index contributed by atoms with van der Waals surface area (Å²) in [6.45, 7) is 0. The predicted octanol–water partition coefficient (Wildman–Crippen LogP) is 3.09. The fourth-order valence-corrected chi connectivity index (χ4v) is 2.75. The van der Waals surface area contributed by atoms with E-state index in [-0.39, 0.29) is 6.10 Å². The largest absolute Gasteiger partial charge is 0.495 e. The molecule has 100 valence electrons. The maximum Gasteiger partial charge on any atom is 0.142 e. The topological polar surface area (TPSA) is 32.7 Å². The molecular formula is C14H20ClNO2. The number of aliphatic hydroxyl groups excluding tert-OH is 1. The average Bonchev–Trinajstić information content (AvgIpc) is 2.39. The van der Waals surface area contributed by atoms with E-state index in [4.69, 9.17) is 16.3 Å². The van der Waals surface area contributed by atoms with Crippen molar-refractivity contribution >= 4 is 17.3 Å². The zero-order chi connectivity index (χ0) is 13.1. The third kappa shape index (κ3) is 2.90. The van der Waals surface area contributed by atoms with Gasteiger partial charge in [-0.15, -0.1) is 0 Å². The molecule has 0 amide bonds. The van der Waals surface area contributed by atoms with Crippen molar-refractivity contribution < 1.29 is 9.84 Å². The first kappa shape index (κ1) is 13.5. The number of hydrogen-bond donors (Lipinski definition) is 1. The van der Waals surface area contributed by atoms with E-state index in [1.54, 1.807) is 7.11 Å². The lowest BCUT2D eigenvalue weighted by Crippen LogP contribution is -2.36. The van der Waals surface area contributed by atoms with E-state index < -0.39 is 0 Å². The second-order valence-corrected chi connectivity index (χ2v) is 5.33. The fourth-order valence-electron chi connectivity index (χ4n) is 2.58. The minimum atomic E-state index is -0.129. The maximum atomic E-state index is 9.56. The Kier molecular flexibility index (Phi) is 4.36. The zero-order valence-corrected chi connectivity index (χ0v) is 11.7. The molecule has 1 N–H and O–H groups in total. The molecule has 0 bridgehead atoms. The Morgan fingerprint density at radius 2 is 1.94 bits per heavy atom. The molecule has 0 saturated heterocycles. The number of aliphatic hydroxyl groups is 1. The highest BCUT2D eigenvalue weighted by atomic mass is 35.5. The van der Waals surface area contributed by atoms with Gasteiger partial charge >= 0.3 is 0 Å². The third-order valence-corrected chi connectivity index (χ3v) is 3.97. The number of benzene rings is 1. The summed E-state index contributed by atoms with van der Waals surface area (Å²) in [6, 6.07) is 6.11. The van der Waals surface area contributed by atoms with Gasteiger partial charge in [0, 0.05) is 18.1 Å². The van der Waals surface area contributed by atoms with E-state index in [9.17, 15) is 5.11 Å². The minimum absolute atomic E-state index is 0.129. The van der Waals surface area contributed by atoms with Crippen LogP contribution in [-0.2, 0) is 0 Å². The van der Waals surface area contributed by atoms with Crippen LogP contribution in [-0.4, -0.2) is 31.4 Å². The number of ether oxygens (including phenoxy) is 1. The Balaban J connectivity index is 2.17. The summed E-state index contributed by atoms with van der Waals surface area (Å²) in [5, 5.41) is 10.3. The molecule has 0 aliphatic heterocycles. The maximum absolute atomic E-state index is 9.56. The molecule has 0 radical (unpaired) electrons. The number of nitrogens with zero attached hydrogens (tertiary/aromatic N) is 1. The van der Waals surface area contributed by atoms with Crippen LogP contribution in [0.4, 0.5) is 5.69 Å². The molecule has 1 aliphatic rings. The number of rotatable bonds is 3. The Morgan fingerprint density at radius 3 is 2.56 bits per heavy atom. The minimum Gasteiger partial charge on any atom is -0.495 e. The molecule has 2 rings (SSSR count). The Labute approximate surface area is 113 Å². The van der Waals surface area contributed by atoms with Crippen molar-refractivity contribution in [2.45, 2.75) is 37.8 Å². The van der Waals surface area contributed by atoms with Crippen LogP contribution >= 0.6 is 11.6 Å². The first-order chi connectivity index (χ1) is 8.61. The highest BCUT2D eigenvalue weighted by Crippen LogP contribution is 2.34. The van der Waals surface area contributed by atoms with Crippen LogP contribution in [0.25, 0.3) is 0 Å². The van der Waals surface area contributed by atoms with Crippen molar-refractivity contribution in [2.75, 3.05) is 19.1 Å². The van der Waals surface area contributed by atoms with E-state index >= 15 is 0 Å². The molecule has 18 heavy (non-hydrogen) atoms. The molecule has 1 saturated carbocycles. The van der Waals surface area contributed by atoms with Crippen LogP contribution in [0, 0.1) is 0 Å². The number of halogens is 1. The van der Waals surface area contributed by atoms with E-state index in [0.29, 0.717) is 11.1 Å². The van der Waals surface area contributed by atoms with Crippen molar-refractivity contribution in [2.24, 2.45) is 0 Å². The number of hydrogen-bond acceptors (Lipinski definition) is 3. The summed E-state index contributed by atoms with van der Waals surface area (Å²) in [6.07, 6.45) is 3.63. The van der Waals surface area contributed by atoms with Crippen molar-refractivity contribution in [3.63, 3.8) is 0 Å². The van der Waals surface area contributed by atoms with Gasteiger partial charge in [-0.05, 0) is 43.9 Å². The highest BCUT2D eigenvalue weighted by molar-refractivity contribution is 6.30. The van der Waals surface area contributed by atoms with Gasteiger partial charge < -0.3 is 14.7 Å². The van der Waals surface area contributed by atoms with Crippen LogP contribution in [0.15, 0.2) is 18.2 Å². The van der Waals surface area contributed by atoms with Crippen LogP contribution in [0.3, 0.4) is 0 Å². The molecule has 1 aromatic carbocycles. The Morgan fingerprint density at radius 1 is 1.28 bits per heavy atom. The lowest BCUT2D eigenvalue weighted by atomic mass is 9.92. The molecule has 1 aliphatic carbocycles. The molecule has 1 fully saturated rings. The van der Waals surface area contributed by atoms with E-state index in [1.807, 2.05) is 18.2 Å². The zero-order valence-electron chi connectivity index (χ0n) is 10.9. The fraction of sp³-hybridized carbons (Fsp3) is 0.571. The van der Waals surface area contributed by atoms with Gasteiger partial charge in [0.05, 0.1) is 18.9 Å². The smallest absolute Gasteiger partial charge is 0.142 e. The Hall–Kier alpha value is -0.930. The monoisotopic (exact) mass is 269 g/mol. The molecule has 0 aromatic heterocycles. The highest BCUT2D eigenvalue weighted by Gasteiger charge is 2.24. The predicted molar refractivity (Wildman–Crippen MR) is 74.7 cm³/mol. The van der Waals surface area contributed by atoms with Crippen molar-refractivity contribution in [3.8, 4) is 5.75 Å². The lowest BCUT2D eigenvalue weighted by Gasteiger charge is -2.35. The molecule has 0 spiro atoms. The van der Waals surface area contributed by atoms with Crippen molar-refractivity contribution in [1.29, 1.82) is 0 Å². The van der Waals surface area contributed by atoms with Gasteiger partial charge in [-0.3, -0.25) is 0 Å². The van der Waals surface area contributed by atoms with Gasteiger partial charge in [0.1, 0.15) is 5.75 Å². The van der Waals surface area contributed by atoms with E-state index in [0.717, 1.165) is 37.1 Å². The molecule has 3 nitrogen and oxygen atoms in total. The van der Waals surface area contributed by atoms with Crippen LogP contribution in [0.2, 0.25) is 5.02 Å². The van der Waals surface area contributed by atoms with Gasteiger partial charge in [0.15, 0.2) is 0 Å². The molecular weight excluding hydrogens is 250 g/mol. The summed E-state index contributed by atoms with van der Waals surface area (Å²) in [5.74, 6) is 0.841. The van der Waals surface area contributed by atoms with Crippen LogP contribution < -0.4 is 9.64 Å². The SMILES string of the molecule is COc1ccc(Cl)cc1N(C)C1CCC(O)CC1. The first-order valence-corrected chi connectivity index (χ1v) is 6.74. The summed E-state index contributed by atoms with van der Waals surface area (Å²) in [5.41, 5.74) is 1.02. The van der Waals surface area contributed by atoms with Crippen molar-refractivity contribution in [3.05, 3.63) is 23.2 Å². The average molecular weight is 270 g/mol. The van der Waals surface area contributed by atoms with Gasteiger partial charge in [0.25, 0.3) is 0 Å². The van der Waals surface area contributed by atoms with Crippen molar-refractivity contribution in [1.82, 2.24) is 0 Å². The molecule has 0 atom stereocenters. The van der Waals surface area contributed by atoms with Crippen LogP contribution in [0.5, 0.6) is 5.75 Å². The number of methoxy groups -OCH3 is 1. The second-order valence-electron chi connectivity index (χ2n) is 4.89. The van der Waals surface area contributed by atoms with E-state index in [1.165, 1.54) is 0 Å².